The minimum atomic E-state index is -0.270. The van der Waals surface area contributed by atoms with Crippen LogP contribution >= 0.6 is 11.6 Å². The summed E-state index contributed by atoms with van der Waals surface area (Å²) in [5.41, 5.74) is 3.60. The number of nitrogens with one attached hydrogen (secondary N) is 1. The summed E-state index contributed by atoms with van der Waals surface area (Å²) in [6.07, 6.45) is 9.04. The number of aryl methyl sites for hydroxylation is 1. The average Bonchev–Trinajstić information content (AvgIpc) is 3.06. The number of rotatable bonds is 4. The summed E-state index contributed by atoms with van der Waals surface area (Å²) >= 11 is 6.47. The molecule has 5 rings (SSSR count). The van der Waals surface area contributed by atoms with Crippen LogP contribution in [-0.2, 0) is 17.8 Å². The van der Waals surface area contributed by atoms with Crippen molar-refractivity contribution >= 4 is 40.3 Å². The van der Waals surface area contributed by atoms with Gasteiger partial charge in [0.15, 0.2) is 5.82 Å². The Kier molecular flexibility index (Phi) is 5.64. The standard InChI is InChI=1S/C24H21ClN6O/c25-19-11-9-16(14-18(19)24-30-29-22-8-2-1-5-13-31(22)24)28-23(32)12-10-17-15-26-20-6-3-4-7-21(20)27-17/h3-4,6-7,9-12,14-15H,1-2,5,8,13H2,(H,28,32)/b12-10+. The maximum Gasteiger partial charge on any atom is 0.248 e. The van der Waals surface area contributed by atoms with E-state index in [0.717, 1.165) is 54.1 Å². The second-order valence-corrected chi connectivity index (χ2v) is 8.11. The van der Waals surface area contributed by atoms with Crippen molar-refractivity contribution in [2.75, 3.05) is 5.32 Å². The Balaban J connectivity index is 1.35. The van der Waals surface area contributed by atoms with E-state index in [4.69, 9.17) is 11.6 Å². The second kappa shape index (κ2) is 8.88. The number of carbonyl (C=O) groups excluding carboxylic acids is 1. The lowest BCUT2D eigenvalue weighted by atomic mass is 10.1. The van der Waals surface area contributed by atoms with E-state index in [1.165, 1.54) is 12.5 Å². The number of nitrogens with zero attached hydrogens (tertiary/aromatic N) is 5. The summed E-state index contributed by atoms with van der Waals surface area (Å²) in [7, 11) is 0. The van der Waals surface area contributed by atoms with E-state index < -0.39 is 0 Å². The number of fused-ring (bicyclic) bond motifs is 2. The van der Waals surface area contributed by atoms with Crippen LogP contribution in [0.25, 0.3) is 28.5 Å². The van der Waals surface area contributed by atoms with E-state index >= 15 is 0 Å². The van der Waals surface area contributed by atoms with E-state index in [9.17, 15) is 4.79 Å². The van der Waals surface area contributed by atoms with Crippen molar-refractivity contribution < 1.29 is 4.79 Å². The first-order chi connectivity index (χ1) is 15.7. The van der Waals surface area contributed by atoms with Gasteiger partial charge in [-0.1, -0.05) is 30.2 Å². The zero-order valence-corrected chi connectivity index (χ0v) is 18.1. The van der Waals surface area contributed by atoms with Gasteiger partial charge in [0.25, 0.3) is 0 Å². The largest absolute Gasteiger partial charge is 0.322 e. The topological polar surface area (TPSA) is 85.6 Å². The van der Waals surface area contributed by atoms with E-state index in [0.29, 0.717) is 16.4 Å². The number of para-hydroxylation sites is 2. The second-order valence-electron chi connectivity index (χ2n) is 7.70. The van der Waals surface area contributed by atoms with Crippen molar-refractivity contribution in [3.8, 4) is 11.4 Å². The van der Waals surface area contributed by atoms with Gasteiger partial charge >= 0.3 is 0 Å². The SMILES string of the molecule is O=C(/C=C/c1cnc2ccccc2n1)Nc1ccc(Cl)c(-c2nnc3n2CCCCC3)c1. The zero-order valence-electron chi connectivity index (χ0n) is 17.3. The molecule has 7 nitrogen and oxygen atoms in total. The predicted molar refractivity (Wildman–Crippen MR) is 125 cm³/mol. The molecule has 0 bridgehead atoms. The van der Waals surface area contributed by atoms with Crippen LogP contribution in [0.5, 0.6) is 0 Å². The average molecular weight is 445 g/mol. The number of anilines is 1. The van der Waals surface area contributed by atoms with Gasteiger partial charge in [-0.25, -0.2) is 4.98 Å². The molecule has 0 aliphatic carbocycles. The van der Waals surface area contributed by atoms with Crippen molar-refractivity contribution in [2.45, 2.75) is 32.2 Å². The molecule has 0 unspecified atom stereocenters. The monoisotopic (exact) mass is 444 g/mol. The van der Waals surface area contributed by atoms with Crippen LogP contribution in [0.3, 0.4) is 0 Å². The smallest absolute Gasteiger partial charge is 0.248 e. The van der Waals surface area contributed by atoms with Crippen LogP contribution < -0.4 is 5.32 Å². The molecule has 0 spiro atoms. The first-order valence-electron chi connectivity index (χ1n) is 10.6. The number of hydrogen-bond donors (Lipinski definition) is 1. The summed E-state index contributed by atoms with van der Waals surface area (Å²) in [6.45, 7) is 0.875. The van der Waals surface area contributed by atoms with E-state index in [1.54, 1.807) is 24.4 Å². The molecule has 1 aliphatic rings. The lowest BCUT2D eigenvalue weighted by Crippen LogP contribution is -2.08. The number of aromatic nitrogens is 5. The molecular weight excluding hydrogens is 424 g/mol. The van der Waals surface area contributed by atoms with Gasteiger partial charge in [-0.3, -0.25) is 9.78 Å². The molecule has 1 N–H and O–H groups in total. The molecule has 0 atom stereocenters. The fourth-order valence-corrected chi connectivity index (χ4v) is 4.06. The third-order valence-corrected chi connectivity index (χ3v) is 5.79. The van der Waals surface area contributed by atoms with Crippen molar-refractivity contribution in [3.63, 3.8) is 0 Å². The molecule has 0 radical (unpaired) electrons. The molecule has 4 aromatic rings. The Hall–Kier alpha value is -3.58. The van der Waals surface area contributed by atoms with Gasteiger partial charge in [-0.2, -0.15) is 0 Å². The van der Waals surface area contributed by atoms with Gasteiger partial charge in [0, 0.05) is 30.3 Å². The van der Waals surface area contributed by atoms with Gasteiger partial charge < -0.3 is 9.88 Å². The number of halogens is 1. The zero-order chi connectivity index (χ0) is 21.9. The van der Waals surface area contributed by atoms with E-state index in [1.807, 2.05) is 30.3 Å². The minimum absolute atomic E-state index is 0.270. The first-order valence-corrected chi connectivity index (χ1v) is 11.0. The molecule has 160 valence electrons. The molecule has 0 fully saturated rings. The van der Waals surface area contributed by atoms with Crippen molar-refractivity contribution in [2.24, 2.45) is 0 Å². The normalized spacial score (nSPS) is 13.8. The molecule has 0 saturated carbocycles. The Labute approximate surface area is 190 Å². The van der Waals surface area contributed by atoms with Gasteiger partial charge in [0.2, 0.25) is 5.91 Å². The molecule has 32 heavy (non-hydrogen) atoms. The van der Waals surface area contributed by atoms with Crippen LogP contribution in [0.15, 0.2) is 54.7 Å². The number of amides is 1. The van der Waals surface area contributed by atoms with Crippen molar-refractivity contribution in [3.05, 3.63) is 71.3 Å². The minimum Gasteiger partial charge on any atom is -0.322 e. The molecule has 1 amide bonds. The molecule has 3 heterocycles. The highest BCUT2D eigenvalue weighted by molar-refractivity contribution is 6.33. The first kappa shape index (κ1) is 20.3. The third-order valence-electron chi connectivity index (χ3n) is 5.46. The predicted octanol–water partition coefficient (Wildman–Crippen LogP) is 4.92. The third kappa shape index (κ3) is 4.24. The summed E-state index contributed by atoms with van der Waals surface area (Å²) < 4.78 is 2.14. The van der Waals surface area contributed by atoms with Crippen LogP contribution in [-0.4, -0.2) is 30.6 Å². The quantitative estimate of drug-likeness (QED) is 0.451. The Bertz CT molecular complexity index is 1330. The summed E-state index contributed by atoms with van der Waals surface area (Å²) in [5, 5.41) is 12.2. The fourth-order valence-electron chi connectivity index (χ4n) is 3.86. The lowest BCUT2D eigenvalue weighted by molar-refractivity contribution is -0.111. The maximum absolute atomic E-state index is 12.5. The Morgan fingerprint density at radius 3 is 2.84 bits per heavy atom. The highest BCUT2D eigenvalue weighted by atomic mass is 35.5. The maximum atomic E-state index is 12.5. The number of benzene rings is 2. The highest BCUT2D eigenvalue weighted by Crippen LogP contribution is 2.31. The van der Waals surface area contributed by atoms with E-state index in [-0.39, 0.29) is 5.91 Å². The van der Waals surface area contributed by atoms with Gasteiger partial charge in [0.05, 0.1) is 27.9 Å². The Morgan fingerprint density at radius 2 is 1.94 bits per heavy atom. The van der Waals surface area contributed by atoms with Crippen LogP contribution in [0.1, 0.15) is 30.8 Å². The number of hydrogen-bond acceptors (Lipinski definition) is 5. The van der Waals surface area contributed by atoms with Gasteiger partial charge in [0.1, 0.15) is 5.82 Å². The van der Waals surface area contributed by atoms with Gasteiger partial charge in [-0.15, -0.1) is 10.2 Å². The summed E-state index contributed by atoms with van der Waals surface area (Å²) in [5.74, 6) is 1.46. The molecular formula is C24H21ClN6O. The molecule has 8 heteroatoms. The van der Waals surface area contributed by atoms with Crippen LogP contribution in [0.4, 0.5) is 5.69 Å². The van der Waals surface area contributed by atoms with Crippen LogP contribution in [0.2, 0.25) is 5.02 Å². The van der Waals surface area contributed by atoms with Gasteiger partial charge in [-0.05, 0) is 49.2 Å². The molecule has 2 aromatic carbocycles. The Morgan fingerprint density at radius 1 is 1.06 bits per heavy atom. The highest BCUT2D eigenvalue weighted by Gasteiger charge is 2.18. The van der Waals surface area contributed by atoms with Crippen molar-refractivity contribution in [1.29, 1.82) is 0 Å². The summed E-state index contributed by atoms with van der Waals surface area (Å²) in [4.78, 5) is 21.4. The number of carbonyl (C=O) groups is 1. The molecule has 1 aliphatic heterocycles. The molecule has 2 aromatic heterocycles. The summed E-state index contributed by atoms with van der Waals surface area (Å²) in [6, 6.07) is 13.0. The lowest BCUT2D eigenvalue weighted by Gasteiger charge is -2.10. The molecule has 0 saturated heterocycles. The van der Waals surface area contributed by atoms with Crippen LogP contribution in [0, 0.1) is 0 Å². The van der Waals surface area contributed by atoms with Crippen molar-refractivity contribution in [1.82, 2.24) is 24.7 Å². The fraction of sp³-hybridized carbons (Fsp3) is 0.208. The van der Waals surface area contributed by atoms with E-state index in [2.05, 4.69) is 30.0 Å².